The number of aliphatic hydroxyl groups excluding tert-OH is 1. The molecule has 3 rings (SSSR count). The third-order valence-electron chi connectivity index (χ3n) is 4.34. The summed E-state index contributed by atoms with van der Waals surface area (Å²) < 4.78 is 26.2. The summed E-state index contributed by atoms with van der Waals surface area (Å²) in [5, 5.41) is 28.1. The molecule has 1 heterocycles. The number of hydrogen-bond donors (Lipinski definition) is 4. The number of nitrogens with one attached hydrogen (secondary N) is 1. The van der Waals surface area contributed by atoms with Crippen molar-refractivity contribution in [1.82, 2.24) is 5.32 Å². The highest BCUT2D eigenvalue weighted by atomic mass is 16.7. The lowest BCUT2D eigenvalue weighted by Crippen LogP contribution is -2.31. The molecule has 0 amide bonds. The number of ether oxygens (including phenoxy) is 5. The van der Waals surface area contributed by atoms with Gasteiger partial charge in [-0.1, -0.05) is 6.07 Å². The lowest BCUT2D eigenvalue weighted by molar-refractivity contribution is -0.159. The van der Waals surface area contributed by atoms with E-state index in [-0.39, 0.29) is 13.4 Å². The highest BCUT2D eigenvalue weighted by Gasteiger charge is 2.15. The van der Waals surface area contributed by atoms with Crippen molar-refractivity contribution in [3.05, 3.63) is 47.5 Å². The van der Waals surface area contributed by atoms with E-state index < -0.39 is 24.0 Å². The third-order valence-corrected chi connectivity index (χ3v) is 4.34. The maximum absolute atomic E-state index is 11.6. The zero-order chi connectivity index (χ0) is 25.1. The molecule has 34 heavy (non-hydrogen) atoms. The summed E-state index contributed by atoms with van der Waals surface area (Å²) in [6.45, 7) is 1.23. The number of hydrogen-bond acceptors (Lipinski definition) is 10. The van der Waals surface area contributed by atoms with Crippen molar-refractivity contribution in [3.8, 4) is 23.0 Å². The number of benzene rings is 2. The normalized spacial score (nSPS) is 12.1. The number of aliphatic hydroxyl groups is 1. The van der Waals surface area contributed by atoms with E-state index in [1.165, 1.54) is 20.3 Å². The molecule has 0 bridgehead atoms. The second-order valence-corrected chi connectivity index (χ2v) is 6.75. The van der Waals surface area contributed by atoms with Gasteiger partial charge in [0.25, 0.3) is 0 Å². The van der Waals surface area contributed by atoms with E-state index in [0.29, 0.717) is 30.2 Å². The van der Waals surface area contributed by atoms with Crippen LogP contribution < -0.4 is 24.3 Å². The van der Waals surface area contributed by atoms with Gasteiger partial charge in [0.1, 0.15) is 12.7 Å². The average molecular weight is 479 g/mol. The predicted molar refractivity (Wildman–Crippen MR) is 115 cm³/mol. The Balaban J connectivity index is 0.000000604. The standard InChI is InChI=1S/C20H23NO7.C2H2O4/c1-24-18-8-14(20(23)25-2)4-6-16(18)26-11-15(22)10-21-9-13-3-5-17-19(7-13)28-12-27-17;3-1(4)2(5)6/h3-8,15,21-22H,9-12H2,1-2H3;(H,3,4)(H,5,6). The van der Waals surface area contributed by atoms with Gasteiger partial charge in [0.2, 0.25) is 6.79 Å². The minimum absolute atomic E-state index is 0.0715. The molecule has 1 aliphatic heterocycles. The van der Waals surface area contributed by atoms with Gasteiger partial charge in [0.15, 0.2) is 23.0 Å². The Labute approximate surface area is 194 Å². The predicted octanol–water partition coefficient (Wildman–Crippen LogP) is 0.896. The minimum Gasteiger partial charge on any atom is -0.493 e. The maximum Gasteiger partial charge on any atom is 0.414 e. The second-order valence-electron chi connectivity index (χ2n) is 6.75. The number of carbonyl (C=O) groups is 3. The quantitative estimate of drug-likeness (QED) is 0.296. The number of esters is 1. The summed E-state index contributed by atoms with van der Waals surface area (Å²) in [7, 11) is 2.79. The molecule has 4 N–H and O–H groups in total. The van der Waals surface area contributed by atoms with Crippen LogP contribution in [-0.2, 0) is 20.9 Å². The zero-order valence-corrected chi connectivity index (χ0v) is 18.5. The van der Waals surface area contributed by atoms with Crippen molar-refractivity contribution in [2.45, 2.75) is 12.6 Å². The Morgan fingerprint density at radius 3 is 2.35 bits per heavy atom. The summed E-state index contributed by atoms with van der Waals surface area (Å²) in [6, 6.07) is 10.4. The Kier molecular flexibility index (Phi) is 9.92. The first-order chi connectivity index (χ1) is 16.2. The minimum atomic E-state index is -1.82. The van der Waals surface area contributed by atoms with Crippen LogP contribution in [-0.4, -0.2) is 73.5 Å². The summed E-state index contributed by atoms with van der Waals surface area (Å²) in [5.74, 6) is -1.81. The molecule has 12 nitrogen and oxygen atoms in total. The summed E-state index contributed by atoms with van der Waals surface area (Å²) in [6.07, 6.45) is -0.723. The number of methoxy groups -OCH3 is 2. The molecule has 12 heteroatoms. The van der Waals surface area contributed by atoms with Gasteiger partial charge in [0, 0.05) is 13.1 Å². The molecule has 0 aromatic heterocycles. The maximum atomic E-state index is 11.6. The summed E-state index contributed by atoms with van der Waals surface area (Å²) in [4.78, 5) is 29.8. The lowest BCUT2D eigenvalue weighted by Gasteiger charge is -2.15. The molecule has 0 saturated carbocycles. The van der Waals surface area contributed by atoms with Crippen LogP contribution in [0, 0.1) is 0 Å². The number of rotatable bonds is 9. The van der Waals surface area contributed by atoms with Crippen molar-refractivity contribution in [2.24, 2.45) is 0 Å². The monoisotopic (exact) mass is 479 g/mol. The second kappa shape index (κ2) is 12.9. The van der Waals surface area contributed by atoms with Crippen LogP contribution in [0.2, 0.25) is 0 Å². The summed E-state index contributed by atoms with van der Waals surface area (Å²) in [5.41, 5.74) is 1.38. The molecule has 184 valence electrons. The highest BCUT2D eigenvalue weighted by Crippen LogP contribution is 2.32. The molecular formula is C22H25NO11. The SMILES string of the molecule is COC(=O)c1ccc(OCC(O)CNCc2ccc3c(c2)OCO3)c(OC)c1.O=C(O)C(=O)O. The Morgan fingerprint density at radius 2 is 1.71 bits per heavy atom. The molecule has 0 radical (unpaired) electrons. The smallest absolute Gasteiger partial charge is 0.414 e. The van der Waals surface area contributed by atoms with E-state index in [9.17, 15) is 9.90 Å². The number of carboxylic acids is 2. The molecular weight excluding hydrogens is 454 g/mol. The number of aliphatic carboxylic acids is 2. The van der Waals surface area contributed by atoms with Crippen molar-refractivity contribution >= 4 is 17.9 Å². The largest absolute Gasteiger partial charge is 0.493 e. The van der Waals surface area contributed by atoms with Crippen LogP contribution in [0.25, 0.3) is 0 Å². The topological polar surface area (TPSA) is 170 Å². The van der Waals surface area contributed by atoms with Crippen molar-refractivity contribution < 1.29 is 53.4 Å². The van der Waals surface area contributed by atoms with E-state index in [0.717, 1.165) is 17.1 Å². The van der Waals surface area contributed by atoms with Crippen LogP contribution in [0.3, 0.4) is 0 Å². The molecule has 1 unspecified atom stereocenters. The van der Waals surface area contributed by atoms with Gasteiger partial charge in [0.05, 0.1) is 19.8 Å². The average Bonchev–Trinajstić information content (AvgIpc) is 3.30. The van der Waals surface area contributed by atoms with Gasteiger partial charge in [-0.3, -0.25) is 0 Å². The molecule has 0 saturated heterocycles. The molecule has 2 aromatic rings. The van der Waals surface area contributed by atoms with E-state index >= 15 is 0 Å². The van der Waals surface area contributed by atoms with Gasteiger partial charge in [-0.15, -0.1) is 0 Å². The van der Waals surface area contributed by atoms with Gasteiger partial charge < -0.3 is 44.3 Å². The first-order valence-electron chi connectivity index (χ1n) is 9.87. The molecule has 1 atom stereocenters. The number of carbonyl (C=O) groups excluding carboxylic acids is 1. The van der Waals surface area contributed by atoms with Crippen LogP contribution in [0.5, 0.6) is 23.0 Å². The Bertz CT molecular complexity index is 996. The van der Waals surface area contributed by atoms with Crippen LogP contribution in [0.15, 0.2) is 36.4 Å². The molecule has 0 aliphatic carbocycles. The molecule has 0 fully saturated rings. The van der Waals surface area contributed by atoms with Crippen molar-refractivity contribution in [2.75, 3.05) is 34.2 Å². The van der Waals surface area contributed by atoms with Crippen molar-refractivity contribution in [1.29, 1.82) is 0 Å². The van der Waals surface area contributed by atoms with Crippen molar-refractivity contribution in [3.63, 3.8) is 0 Å². The third kappa shape index (κ3) is 7.83. The number of fused-ring (bicyclic) bond motifs is 1. The fourth-order valence-corrected chi connectivity index (χ4v) is 2.71. The van der Waals surface area contributed by atoms with Gasteiger partial charge in [-0.05, 0) is 35.9 Å². The fourth-order valence-electron chi connectivity index (χ4n) is 2.71. The van der Waals surface area contributed by atoms with E-state index in [1.54, 1.807) is 12.1 Å². The van der Waals surface area contributed by atoms with E-state index in [2.05, 4.69) is 10.1 Å². The fraction of sp³-hybridized carbons (Fsp3) is 0.318. The van der Waals surface area contributed by atoms with Crippen LogP contribution in [0.4, 0.5) is 0 Å². The van der Waals surface area contributed by atoms with Crippen LogP contribution in [0.1, 0.15) is 15.9 Å². The molecule has 0 spiro atoms. The zero-order valence-electron chi connectivity index (χ0n) is 18.5. The van der Waals surface area contributed by atoms with E-state index in [1.807, 2.05) is 18.2 Å². The molecule has 1 aliphatic rings. The highest BCUT2D eigenvalue weighted by molar-refractivity contribution is 6.27. The molecule has 2 aromatic carbocycles. The van der Waals surface area contributed by atoms with Gasteiger partial charge in [-0.25, -0.2) is 14.4 Å². The van der Waals surface area contributed by atoms with E-state index in [4.69, 9.17) is 38.7 Å². The Hall–Kier alpha value is -4.03. The first kappa shape index (κ1) is 26.2. The van der Waals surface area contributed by atoms with Gasteiger partial charge in [-0.2, -0.15) is 0 Å². The summed E-state index contributed by atoms with van der Waals surface area (Å²) >= 11 is 0. The Morgan fingerprint density at radius 1 is 1.00 bits per heavy atom. The number of carboxylic acid groups (broad SMARTS) is 2. The van der Waals surface area contributed by atoms with Crippen LogP contribution >= 0.6 is 0 Å². The lowest BCUT2D eigenvalue weighted by atomic mass is 10.2. The first-order valence-corrected chi connectivity index (χ1v) is 9.87. The van der Waals surface area contributed by atoms with Gasteiger partial charge >= 0.3 is 17.9 Å².